The van der Waals surface area contributed by atoms with Crippen LogP contribution in [0.5, 0.6) is 0 Å². The molecule has 17 heterocycles. The highest BCUT2D eigenvalue weighted by Crippen LogP contribution is 2.17. The van der Waals surface area contributed by atoms with Crippen molar-refractivity contribution in [3.63, 3.8) is 0 Å². The lowest BCUT2D eigenvalue weighted by Gasteiger charge is -1.84. The molecule has 0 saturated carbocycles. The van der Waals surface area contributed by atoms with E-state index in [0.717, 1.165) is 104 Å². The molecular weight excluding hydrogens is 1660 g/mol. The Labute approximate surface area is 774 Å². The van der Waals surface area contributed by atoms with E-state index in [1.165, 1.54) is 98.2 Å². The number of thiophene rings is 2. The first-order valence-electron chi connectivity index (χ1n) is 41.6. The lowest BCUT2D eigenvalue weighted by molar-refractivity contribution is 0.393. The van der Waals surface area contributed by atoms with Crippen LogP contribution in [0, 0.1) is 166 Å². The number of thiazole rings is 2. The summed E-state index contributed by atoms with van der Waals surface area (Å²) in [4.78, 5) is 42.2. The second-order valence-electron chi connectivity index (χ2n) is 31.0. The number of aromatic amines is 1. The van der Waals surface area contributed by atoms with E-state index in [1.807, 2.05) is 256 Å². The summed E-state index contributed by atoms with van der Waals surface area (Å²) in [5.74, 6) is 4.20. The van der Waals surface area contributed by atoms with E-state index < -0.39 is 0 Å². The summed E-state index contributed by atoms with van der Waals surface area (Å²) in [6, 6.07) is 20.6. The fraction of sp³-hybridized carbons (Fsp3) is 0.400. The zero-order chi connectivity index (χ0) is 95.0. The number of hydrogen-bond donors (Lipinski definition) is 1. The normalized spacial score (nSPS) is 11.6. The summed E-state index contributed by atoms with van der Waals surface area (Å²) < 4.78 is 31.1. The number of nitrogens with zero attached hydrogens (tertiary/aromatic N) is 16. The number of H-pyrrole nitrogens is 1. The van der Waals surface area contributed by atoms with Gasteiger partial charge in [-0.2, -0.15) is 14.6 Å². The number of oxazole rings is 2. The number of aryl methyl sites for hydroxylation is 28. The Kier molecular flexibility index (Phi) is 57.4. The van der Waals surface area contributed by atoms with Gasteiger partial charge in [0.05, 0.1) is 70.0 Å². The van der Waals surface area contributed by atoms with Crippen LogP contribution in [0.25, 0.3) is 0 Å². The number of rotatable bonds is 0. The first-order chi connectivity index (χ1) is 59.2. The standard InChI is InChI=1S/C7H10.5C6H9N.C6H8O.2C6H8S.3C5H8N2.3C5H7NO.3C5H7NS/c1-6-3-4-7(2)5-6;2*1-5-3-6(2)7-4-5;1-6-3-4-7(2)5-6;2*1-5-3-4-6(2)7-5;2*1-5-3-6(2)7-4-5;1-5-3-4-6(2)7-5;1-5-3-7(2)4-6-5;1-5-3-6-7(2)4-5;1-5-3-4-7(2)6-5;1-4-3-7-5(2)6-4;1-4-3-6-5(2)7-4;1-4-3-5(2)7-6-4;1-4-3-7-5(2)6-4;1-4-3-6-5(2)7-4;1-4-3-5(2)7-6-4/h3,5H,4H2,1-2H3;4H,3H2,1-2H3;3H,4H2,1-2H3;3-5H,1-2H3;3H,4H2,1-2H3;3-4,7H,1-2H3;6*3-4H,1-2H3;6*3H,1-2H3. The molecule has 684 valence electrons. The average Bonchev–Trinajstić information content (AvgIpc) is 2.09. The van der Waals surface area contributed by atoms with Crippen molar-refractivity contribution in [2.75, 3.05) is 6.54 Å². The molecule has 0 radical (unpaired) electrons. The van der Waals surface area contributed by atoms with Gasteiger partial charge in [-0.15, -0.1) is 45.3 Å². The summed E-state index contributed by atoms with van der Waals surface area (Å²) in [5.41, 5.74) is 24.3. The number of allylic oxidation sites excluding steroid dienone is 8. The van der Waals surface area contributed by atoms with Crippen LogP contribution in [0.15, 0.2) is 231 Å². The maximum Gasteiger partial charge on any atom is 0.191 e. The van der Waals surface area contributed by atoms with E-state index in [1.54, 1.807) is 80.0 Å². The van der Waals surface area contributed by atoms with Crippen LogP contribution in [0.1, 0.15) is 206 Å². The van der Waals surface area contributed by atoms with Gasteiger partial charge in [0, 0.05) is 174 Å². The fourth-order valence-electron chi connectivity index (χ4n) is 10.4. The first kappa shape index (κ1) is 113. The second-order valence-corrected chi connectivity index (χ2v) is 37.1. The van der Waals surface area contributed by atoms with Gasteiger partial charge in [0.2, 0.25) is 0 Å². The lowest BCUT2D eigenvalue weighted by atomic mass is 10.2. The molecule has 0 bridgehead atoms. The molecular formula is C100H145N17O4S5. The van der Waals surface area contributed by atoms with Crippen molar-refractivity contribution in [1.29, 1.82) is 0 Å². The average molecular weight is 1810 g/mol. The number of aromatic nitrogens is 14. The van der Waals surface area contributed by atoms with Crippen molar-refractivity contribution in [2.24, 2.45) is 43.2 Å². The topological polar surface area (TPSA) is 241 Å². The molecule has 1 N–H and O–H groups in total. The number of nitrogens with one attached hydrogen (secondary N) is 1. The number of furan rings is 1. The Morgan fingerprint density at radius 3 is 1.26 bits per heavy atom. The van der Waals surface area contributed by atoms with Gasteiger partial charge in [0.15, 0.2) is 11.8 Å². The summed E-state index contributed by atoms with van der Waals surface area (Å²) in [6.07, 6.45) is 34.5. The molecule has 126 heavy (non-hydrogen) atoms. The van der Waals surface area contributed by atoms with Gasteiger partial charge in [-0.1, -0.05) is 40.1 Å². The number of hydrogen-bond acceptors (Lipinski definition) is 21. The van der Waals surface area contributed by atoms with Gasteiger partial charge in [0.1, 0.15) is 23.5 Å². The van der Waals surface area contributed by atoms with Crippen molar-refractivity contribution in [1.82, 2.24) is 68.1 Å². The van der Waals surface area contributed by atoms with Crippen molar-refractivity contribution in [3.05, 3.63) is 330 Å². The summed E-state index contributed by atoms with van der Waals surface area (Å²) in [7, 11) is 7.80. The van der Waals surface area contributed by atoms with Crippen LogP contribution < -0.4 is 0 Å². The van der Waals surface area contributed by atoms with Crippen LogP contribution in [0.2, 0.25) is 0 Å². The Morgan fingerprint density at radius 1 is 0.437 bits per heavy atom. The highest BCUT2D eigenvalue weighted by Gasteiger charge is 2.01. The smallest absolute Gasteiger partial charge is 0.191 e. The second kappa shape index (κ2) is 63.9. The van der Waals surface area contributed by atoms with Gasteiger partial charge < -0.3 is 31.9 Å². The van der Waals surface area contributed by atoms with Crippen molar-refractivity contribution in [3.8, 4) is 0 Å². The van der Waals surface area contributed by atoms with Crippen LogP contribution in [0.3, 0.4) is 0 Å². The lowest BCUT2D eigenvalue weighted by Crippen LogP contribution is -1.86. The molecule has 0 amide bonds. The van der Waals surface area contributed by atoms with E-state index in [9.17, 15) is 0 Å². The molecule has 21 nitrogen and oxygen atoms in total. The zero-order valence-electron chi connectivity index (χ0n) is 82.3. The summed E-state index contributed by atoms with van der Waals surface area (Å²) in [5, 5.41) is 18.1. The molecule has 3 aliphatic heterocycles. The van der Waals surface area contributed by atoms with Gasteiger partial charge in [0.25, 0.3) is 0 Å². The van der Waals surface area contributed by atoms with Crippen LogP contribution in [0.4, 0.5) is 0 Å². The SMILES string of the molecule is CC1=CC(C)=NC1.CC1=CCC(C)=C1.CC1=CCC(C)=N1.CC1=CN=C(C)C1.Cc1cc(C)on1.Cc1cc(C)sn1.Cc1ccc(C)[nH]1.Cc1ccc(C)s1.Cc1ccn(C)c1.Cc1ccn(C)n1.Cc1cn(C)cn1.Cc1cnc(C)o1.Cc1cnc(C)s1.Cc1cnn(C)c1.Cc1coc(C)c1.Cc1coc(C)n1.Cc1csc(C)c1.Cc1csc(C)n1. The van der Waals surface area contributed by atoms with Crippen molar-refractivity contribution in [2.45, 2.75) is 241 Å². The summed E-state index contributed by atoms with van der Waals surface area (Å²) >= 11 is 8.63. The Hall–Kier alpha value is -10.9. The Bertz CT molecular complexity index is 4170. The third-order valence-corrected chi connectivity index (χ3v) is 20.3. The molecule has 0 saturated heterocycles. The molecule has 0 unspecified atom stereocenters. The van der Waals surface area contributed by atoms with Crippen LogP contribution in [-0.4, -0.2) is 91.8 Å². The van der Waals surface area contributed by atoms with Gasteiger partial charge in [-0.25, -0.2) is 24.9 Å². The van der Waals surface area contributed by atoms with Gasteiger partial charge in [-0.3, -0.25) is 24.3 Å². The van der Waals surface area contributed by atoms with Crippen molar-refractivity contribution < 1.29 is 17.8 Å². The Morgan fingerprint density at radius 2 is 1.12 bits per heavy atom. The molecule has 0 aromatic carbocycles. The summed E-state index contributed by atoms with van der Waals surface area (Å²) in [6.45, 7) is 65.5. The predicted octanol–water partition coefficient (Wildman–Crippen LogP) is 28.1. The predicted molar refractivity (Wildman–Crippen MR) is 540 cm³/mol. The molecule has 0 spiro atoms. The third kappa shape index (κ3) is 62.3. The molecule has 1 aliphatic carbocycles. The van der Waals surface area contributed by atoms with E-state index >= 15 is 0 Å². The molecule has 18 rings (SSSR count). The third-order valence-electron chi connectivity index (χ3n) is 15.9. The first-order valence-corrected chi connectivity index (χ1v) is 45.8. The molecule has 0 fully saturated rings. The van der Waals surface area contributed by atoms with E-state index in [-0.39, 0.29) is 0 Å². The fourth-order valence-corrected chi connectivity index (χ4v) is 13.7. The highest BCUT2D eigenvalue weighted by molar-refractivity contribution is 7.12. The molecule has 4 aliphatic rings. The molecule has 14 aromatic rings. The molecule has 26 heteroatoms. The number of imidazole rings is 1. The zero-order valence-corrected chi connectivity index (χ0v) is 86.4. The van der Waals surface area contributed by atoms with E-state index in [4.69, 9.17) is 17.8 Å². The minimum absolute atomic E-state index is 0.734. The quantitative estimate of drug-likeness (QED) is 0.149. The molecule has 14 aromatic heterocycles. The minimum Gasteiger partial charge on any atom is -0.469 e. The van der Waals surface area contributed by atoms with Gasteiger partial charge in [-0.05, 0) is 320 Å². The monoisotopic (exact) mass is 1810 g/mol. The Balaban J connectivity index is 0.000000667. The largest absolute Gasteiger partial charge is 0.469 e. The molecule has 0 atom stereocenters. The van der Waals surface area contributed by atoms with E-state index in [0.29, 0.717) is 0 Å². The number of aliphatic imine (C=N–C) groups is 3. The van der Waals surface area contributed by atoms with Crippen molar-refractivity contribution >= 4 is 74.0 Å². The minimum atomic E-state index is 0.734. The van der Waals surface area contributed by atoms with E-state index in [2.05, 4.69) is 224 Å². The van der Waals surface area contributed by atoms with Crippen LogP contribution in [-0.2, 0) is 28.2 Å². The maximum absolute atomic E-state index is 4.97. The van der Waals surface area contributed by atoms with Gasteiger partial charge >= 0.3 is 0 Å². The van der Waals surface area contributed by atoms with Crippen LogP contribution >= 0.6 is 56.9 Å². The highest BCUT2D eigenvalue weighted by atomic mass is 32.1. The maximum atomic E-state index is 4.97.